The topological polar surface area (TPSA) is 69.7 Å². The van der Waals surface area contributed by atoms with E-state index in [4.69, 9.17) is 14.2 Å². The molecule has 1 aliphatic carbocycles. The smallest absolute Gasteiger partial charge is 0.223 e. The second-order valence-electron chi connectivity index (χ2n) is 8.03. The first-order valence-electron chi connectivity index (χ1n) is 10.7. The molecule has 1 amide bonds. The normalized spacial score (nSPS) is 23.1. The first kappa shape index (κ1) is 20.1. The molecule has 2 aliphatic rings. The van der Waals surface area contributed by atoms with Crippen molar-refractivity contribution >= 4 is 16.8 Å². The molecular weight excluding hydrogens is 368 g/mol. The highest BCUT2D eigenvalue weighted by Crippen LogP contribution is 2.25. The van der Waals surface area contributed by atoms with Crippen LogP contribution in [0.3, 0.4) is 0 Å². The van der Waals surface area contributed by atoms with E-state index in [0.29, 0.717) is 13.2 Å². The summed E-state index contributed by atoms with van der Waals surface area (Å²) in [5.74, 6) is 1.16. The number of rotatable bonds is 6. The maximum Gasteiger partial charge on any atom is 0.223 e. The van der Waals surface area contributed by atoms with Gasteiger partial charge < -0.3 is 19.5 Å². The number of aromatic nitrogens is 1. The van der Waals surface area contributed by atoms with Gasteiger partial charge in [0.15, 0.2) is 6.29 Å². The molecule has 0 unspecified atom stereocenters. The quantitative estimate of drug-likeness (QED) is 0.805. The summed E-state index contributed by atoms with van der Waals surface area (Å²) in [7, 11) is 1.67. The van der Waals surface area contributed by atoms with Gasteiger partial charge in [0.25, 0.3) is 0 Å². The Morgan fingerprint density at radius 3 is 2.72 bits per heavy atom. The van der Waals surface area contributed by atoms with E-state index in [1.54, 1.807) is 7.11 Å². The molecule has 1 aliphatic heterocycles. The minimum atomic E-state index is -0.244. The number of amides is 1. The molecule has 1 saturated carbocycles. The lowest BCUT2D eigenvalue weighted by molar-refractivity contribution is -0.193. The second-order valence-corrected chi connectivity index (χ2v) is 8.03. The summed E-state index contributed by atoms with van der Waals surface area (Å²) in [6.45, 7) is 1.02. The first-order valence-corrected chi connectivity index (χ1v) is 10.7. The molecule has 0 atom stereocenters. The van der Waals surface area contributed by atoms with E-state index >= 15 is 0 Å². The molecule has 2 heterocycles. The van der Waals surface area contributed by atoms with Gasteiger partial charge in [-0.2, -0.15) is 0 Å². The lowest BCUT2D eigenvalue weighted by Crippen LogP contribution is -2.49. The van der Waals surface area contributed by atoms with Crippen LogP contribution in [0.5, 0.6) is 5.75 Å². The van der Waals surface area contributed by atoms with E-state index in [1.807, 2.05) is 30.5 Å². The van der Waals surface area contributed by atoms with Gasteiger partial charge in [0.2, 0.25) is 5.91 Å². The molecule has 1 N–H and O–H groups in total. The predicted octanol–water partition coefficient (Wildman–Crippen LogP) is 3.61. The molecule has 1 aromatic carbocycles. The Hall–Kier alpha value is -2.18. The molecule has 6 heteroatoms. The number of carbonyl (C=O) groups excluding carboxylic acids is 1. The number of hydrogen-bond acceptors (Lipinski definition) is 5. The van der Waals surface area contributed by atoms with E-state index in [-0.39, 0.29) is 24.2 Å². The van der Waals surface area contributed by atoms with Crippen LogP contribution >= 0.6 is 0 Å². The van der Waals surface area contributed by atoms with E-state index in [0.717, 1.165) is 55.2 Å². The van der Waals surface area contributed by atoms with Crippen LogP contribution in [-0.4, -0.2) is 43.5 Å². The van der Waals surface area contributed by atoms with Gasteiger partial charge in [0, 0.05) is 23.9 Å². The van der Waals surface area contributed by atoms with Gasteiger partial charge in [-0.1, -0.05) is 19.3 Å². The van der Waals surface area contributed by atoms with Gasteiger partial charge in [-0.25, -0.2) is 0 Å². The second kappa shape index (κ2) is 9.55. The number of nitrogens with zero attached hydrogens (tertiary/aromatic N) is 1. The SMILES string of the molecule is COc1ccc2nccc(CCC3OCC(NC(=O)C4CCCCC4)CO3)c2c1. The predicted molar refractivity (Wildman–Crippen MR) is 111 cm³/mol. The van der Waals surface area contributed by atoms with Crippen molar-refractivity contribution in [1.29, 1.82) is 0 Å². The zero-order valence-electron chi connectivity index (χ0n) is 17.1. The molecule has 2 fully saturated rings. The van der Waals surface area contributed by atoms with Crippen LogP contribution in [0.2, 0.25) is 0 Å². The van der Waals surface area contributed by atoms with Crippen LogP contribution < -0.4 is 10.1 Å². The van der Waals surface area contributed by atoms with Gasteiger partial charge in [-0.15, -0.1) is 0 Å². The van der Waals surface area contributed by atoms with Crippen molar-refractivity contribution < 1.29 is 19.0 Å². The summed E-state index contributed by atoms with van der Waals surface area (Å²) < 4.78 is 17.1. The van der Waals surface area contributed by atoms with Crippen LogP contribution in [0, 0.1) is 5.92 Å². The summed E-state index contributed by atoms with van der Waals surface area (Å²) in [5, 5.41) is 4.21. The van der Waals surface area contributed by atoms with Crippen molar-refractivity contribution in [2.45, 2.75) is 57.3 Å². The Balaban J connectivity index is 1.27. The Morgan fingerprint density at radius 2 is 1.97 bits per heavy atom. The van der Waals surface area contributed by atoms with Crippen LogP contribution in [0.15, 0.2) is 30.5 Å². The highest BCUT2D eigenvalue weighted by molar-refractivity contribution is 5.83. The standard InChI is InChI=1S/C23H30N2O4/c1-27-19-8-9-21-20(13-19)16(11-12-24-21)7-10-22-28-14-18(15-29-22)25-23(26)17-5-3-2-4-6-17/h8-9,11-13,17-18,22H,2-7,10,14-15H2,1H3,(H,25,26). The highest BCUT2D eigenvalue weighted by Gasteiger charge is 2.27. The number of benzene rings is 1. The first-order chi connectivity index (χ1) is 14.2. The average molecular weight is 399 g/mol. The molecule has 1 aromatic heterocycles. The zero-order chi connectivity index (χ0) is 20.1. The van der Waals surface area contributed by atoms with Crippen molar-refractivity contribution in [3.63, 3.8) is 0 Å². The number of nitrogens with one attached hydrogen (secondary N) is 1. The number of hydrogen-bond donors (Lipinski definition) is 1. The number of ether oxygens (including phenoxy) is 3. The fourth-order valence-corrected chi connectivity index (χ4v) is 4.28. The van der Waals surface area contributed by atoms with Crippen LogP contribution in [0.1, 0.15) is 44.1 Å². The van der Waals surface area contributed by atoms with Gasteiger partial charge >= 0.3 is 0 Å². The minimum absolute atomic E-state index is 0.0494. The largest absolute Gasteiger partial charge is 0.497 e. The molecule has 156 valence electrons. The fraction of sp³-hybridized carbons (Fsp3) is 0.565. The van der Waals surface area contributed by atoms with Crippen LogP contribution in [-0.2, 0) is 20.7 Å². The Morgan fingerprint density at radius 1 is 1.17 bits per heavy atom. The summed E-state index contributed by atoms with van der Waals surface area (Å²) in [6, 6.07) is 7.92. The average Bonchev–Trinajstić information content (AvgIpc) is 2.78. The van der Waals surface area contributed by atoms with E-state index in [9.17, 15) is 4.79 Å². The van der Waals surface area contributed by atoms with Gasteiger partial charge in [-0.05, 0) is 49.1 Å². The molecule has 4 rings (SSSR count). The Kier molecular flexibility index (Phi) is 6.62. The lowest BCUT2D eigenvalue weighted by Gasteiger charge is -2.31. The number of aryl methyl sites for hydroxylation is 1. The monoisotopic (exact) mass is 398 g/mol. The minimum Gasteiger partial charge on any atom is -0.497 e. The molecular formula is C23H30N2O4. The Bertz CT molecular complexity index is 827. The summed E-state index contributed by atoms with van der Waals surface area (Å²) in [5.41, 5.74) is 2.16. The van der Waals surface area contributed by atoms with Crippen LogP contribution in [0.25, 0.3) is 10.9 Å². The number of fused-ring (bicyclic) bond motifs is 1. The summed E-state index contributed by atoms with van der Waals surface area (Å²) >= 11 is 0. The molecule has 0 radical (unpaired) electrons. The molecule has 29 heavy (non-hydrogen) atoms. The molecule has 6 nitrogen and oxygen atoms in total. The van der Waals surface area contributed by atoms with E-state index in [1.165, 1.54) is 12.0 Å². The fourth-order valence-electron chi connectivity index (χ4n) is 4.28. The van der Waals surface area contributed by atoms with Crippen molar-refractivity contribution in [3.05, 3.63) is 36.0 Å². The molecule has 1 saturated heterocycles. The van der Waals surface area contributed by atoms with E-state index in [2.05, 4.69) is 10.3 Å². The van der Waals surface area contributed by atoms with Gasteiger partial charge in [-0.3, -0.25) is 9.78 Å². The number of carbonyl (C=O) groups is 1. The molecule has 0 spiro atoms. The van der Waals surface area contributed by atoms with E-state index < -0.39 is 0 Å². The van der Waals surface area contributed by atoms with Crippen LogP contribution in [0.4, 0.5) is 0 Å². The third-order valence-electron chi connectivity index (χ3n) is 5.98. The maximum atomic E-state index is 12.4. The van der Waals surface area contributed by atoms with Crippen molar-refractivity contribution in [3.8, 4) is 5.75 Å². The Labute approximate surface area is 171 Å². The lowest BCUT2D eigenvalue weighted by atomic mass is 9.88. The molecule has 0 bridgehead atoms. The highest BCUT2D eigenvalue weighted by atomic mass is 16.7. The third-order valence-corrected chi connectivity index (χ3v) is 5.98. The number of methoxy groups -OCH3 is 1. The maximum absolute atomic E-state index is 12.4. The third kappa shape index (κ3) is 5.06. The van der Waals surface area contributed by atoms with Crippen molar-refractivity contribution in [2.24, 2.45) is 5.92 Å². The molecule has 2 aromatic rings. The summed E-state index contributed by atoms with van der Waals surface area (Å²) in [6.07, 6.45) is 8.77. The van der Waals surface area contributed by atoms with Gasteiger partial charge in [0.05, 0.1) is 31.9 Å². The van der Waals surface area contributed by atoms with Gasteiger partial charge in [0.1, 0.15) is 5.75 Å². The van der Waals surface area contributed by atoms with Crippen molar-refractivity contribution in [2.75, 3.05) is 20.3 Å². The number of pyridine rings is 1. The van der Waals surface area contributed by atoms with Crippen molar-refractivity contribution in [1.82, 2.24) is 10.3 Å². The summed E-state index contributed by atoms with van der Waals surface area (Å²) in [4.78, 5) is 16.8. The zero-order valence-corrected chi connectivity index (χ0v) is 17.1.